The van der Waals surface area contributed by atoms with Crippen LogP contribution in [-0.4, -0.2) is 27.7 Å². The van der Waals surface area contributed by atoms with Gasteiger partial charge in [0.2, 0.25) is 0 Å². The quantitative estimate of drug-likeness (QED) is 0.546. The molecule has 5 aliphatic carbocycles. The summed E-state index contributed by atoms with van der Waals surface area (Å²) in [6.45, 7) is 11.6. The molecule has 0 aliphatic heterocycles. The highest BCUT2D eigenvalue weighted by Gasteiger charge is 2.65. The molecule has 0 aromatic heterocycles. The van der Waals surface area contributed by atoms with Crippen molar-refractivity contribution in [2.45, 2.75) is 117 Å². The first-order chi connectivity index (χ1) is 15.0. The molecule has 0 aromatic rings. The number of hydrogen-bond acceptors (Lipinski definition) is 3. The van der Waals surface area contributed by atoms with Gasteiger partial charge in [-0.15, -0.1) is 0 Å². The van der Waals surface area contributed by atoms with Gasteiger partial charge in [-0.25, -0.2) is 0 Å². The average molecular weight is 445 g/mol. The van der Waals surface area contributed by atoms with Crippen molar-refractivity contribution >= 4 is 5.78 Å². The van der Waals surface area contributed by atoms with Crippen molar-refractivity contribution in [3.8, 4) is 0 Å². The Morgan fingerprint density at radius 1 is 1.12 bits per heavy atom. The third-order valence-electron chi connectivity index (χ3n) is 12.3. The minimum Gasteiger partial charge on any atom is -0.393 e. The Kier molecular flexibility index (Phi) is 5.69. The molecule has 0 spiro atoms. The molecule has 32 heavy (non-hydrogen) atoms. The van der Waals surface area contributed by atoms with Crippen LogP contribution in [0.5, 0.6) is 0 Å². The first-order valence-corrected chi connectivity index (χ1v) is 13.9. The Bertz CT molecular complexity index is 745. The van der Waals surface area contributed by atoms with E-state index >= 15 is 0 Å². The predicted molar refractivity (Wildman–Crippen MR) is 128 cm³/mol. The van der Waals surface area contributed by atoms with Crippen LogP contribution in [0, 0.1) is 58.2 Å². The Morgan fingerprint density at radius 3 is 2.53 bits per heavy atom. The molecule has 0 aromatic carbocycles. The molecule has 3 heteroatoms. The summed E-state index contributed by atoms with van der Waals surface area (Å²) in [6, 6.07) is 0. The molecular formula is C29H48O3. The molecular weight excluding hydrogens is 396 g/mol. The molecule has 5 fully saturated rings. The van der Waals surface area contributed by atoms with Gasteiger partial charge >= 0.3 is 0 Å². The van der Waals surface area contributed by atoms with Gasteiger partial charge < -0.3 is 10.2 Å². The molecule has 2 N–H and O–H groups in total. The van der Waals surface area contributed by atoms with E-state index in [1.807, 2.05) is 0 Å². The summed E-state index contributed by atoms with van der Waals surface area (Å²) in [7, 11) is 0. The average Bonchev–Trinajstić information content (AvgIpc) is 3.34. The first-order valence-electron chi connectivity index (χ1n) is 13.9. The lowest BCUT2D eigenvalue weighted by Crippen LogP contribution is -2.60. The van der Waals surface area contributed by atoms with E-state index in [0.717, 1.165) is 63.2 Å². The molecule has 5 aliphatic rings. The van der Waals surface area contributed by atoms with Gasteiger partial charge in [-0.1, -0.05) is 27.7 Å². The molecule has 12 atom stereocenters. The highest BCUT2D eigenvalue weighted by Crippen LogP contribution is 2.68. The van der Waals surface area contributed by atoms with Crippen LogP contribution < -0.4 is 0 Å². The number of rotatable bonds is 5. The second-order valence-corrected chi connectivity index (χ2v) is 13.9. The maximum atomic E-state index is 12.2. The lowest BCUT2D eigenvalue weighted by atomic mass is 9.43. The van der Waals surface area contributed by atoms with E-state index in [2.05, 4.69) is 34.6 Å². The maximum Gasteiger partial charge on any atom is 0.133 e. The fourth-order valence-corrected chi connectivity index (χ4v) is 10.1. The van der Waals surface area contributed by atoms with E-state index in [1.54, 1.807) is 0 Å². The number of aliphatic hydroxyl groups is 2. The van der Waals surface area contributed by atoms with Gasteiger partial charge in [-0.3, -0.25) is 4.79 Å². The molecule has 5 saturated carbocycles. The smallest absolute Gasteiger partial charge is 0.133 e. The number of fused-ring (bicyclic) bond motifs is 5. The number of hydrogen-bond donors (Lipinski definition) is 2. The lowest BCUT2D eigenvalue weighted by molar-refractivity contribution is -0.187. The van der Waals surface area contributed by atoms with Gasteiger partial charge in [0.25, 0.3) is 0 Å². The van der Waals surface area contributed by atoms with Gasteiger partial charge in [-0.2, -0.15) is 0 Å². The zero-order chi connectivity index (χ0) is 23.1. The van der Waals surface area contributed by atoms with E-state index in [4.69, 9.17) is 0 Å². The first kappa shape index (κ1) is 23.3. The van der Waals surface area contributed by atoms with Crippen LogP contribution in [0.4, 0.5) is 0 Å². The zero-order valence-electron chi connectivity index (χ0n) is 21.3. The summed E-state index contributed by atoms with van der Waals surface area (Å²) >= 11 is 0. The Labute approximate surface area is 196 Å². The number of ketones is 1. The standard InChI is InChI=1S/C29H48O3/c1-17(22-14-18(22)2)10-13-28(4,32)25-9-8-23-21-7-6-19-15-20(30)11-12-27(19,3)24(21)16-26(31)29(23,25)5/h17-19,21-26,31-32H,6-16H2,1-5H3/t17-,18-,19+,21+,22-,23+,24+,25-,26-,27+,28+,29+/m1/s1. The molecule has 0 radical (unpaired) electrons. The Hall–Kier alpha value is -0.410. The normalized spacial score (nSPS) is 53.0. The van der Waals surface area contributed by atoms with Crippen molar-refractivity contribution in [3.63, 3.8) is 0 Å². The summed E-state index contributed by atoms with van der Waals surface area (Å²) in [4.78, 5) is 12.2. The molecule has 0 amide bonds. The molecule has 0 unspecified atom stereocenters. The van der Waals surface area contributed by atoms with E-state index in [0.29, 0.717) is 35.4 Å². The largest absolute Gasteiger partial charge is 0.393 e. The monoisotopic (exact) mass is 444 g/mol. The van der Waals surface area contributed by atoms with Crippen LogP contribution in [0.25, 0.3) is 0 Å². The van der Waals surface area contributed by atoms with Gasteiger partial charge in [-0.05, 0) is 117 Å². The molecule has 0 heterocycles. The number of aliphatic hydroxyl groups excluding tert-OH is 1. The van der Waals surface area contributed by atoms with Crippen molar-refractivity contribution in [2.75, 3.05) is 0 Å². The van der Waals surface area contributed by atoms with E-state index in [9.17, 15) is 15.0 Å². The van der Waals surface area contributed by atoms with Crippen molar-refractivity contribution in [2.24, 2.45) is 58.2 Å². The van der Waals surface area contributed by atoms with Crippen molar-refractivity contribution in [3.05, 3.63) is 0 Å². The molecule has 0 saturated heterocycles. The van der Waals surface area contributed by atoms with Crippen LogP contribution in [0.15, 0.2) is 0 Å². The van der Waals surface area contributed by atoms with Crippen molar-refractivity contribution in [1.29, 1.82) is 0 Å². The second-order valence-electron chi connectivity index (χ2n) is 13.9. The maximum absolute atomic E-state index is 12.2. The molecule has 5 rings (SSSR count). The predicted octanol–water partition coefficient (Wildman–Crippen LogP) is 6.01. The molecule has 3 nitrogen and oxygen atoms in total. The highest BCUT2D eigenvalue weighted by atomic mass is 16.3. The topological polar surface area (TPSA) is 57.5 Å². The summed E-state index contributed by atoms with van der Waals surface area (Å²) in [6.07, 6.45) is 11.0. The summed E-state index contributed by atoms with van der Waals surface area (Å²) < 4.78 is 0. The van der Waals surface area contributed by atoms with Gasteiger partial charge in [0.1, 0.15) is 5.78 Å². The fourth-order valence-electron chi connectivity index (χ4n) is 10.1. The minimum atomic E-state index is -0.692. The second kappa shape index (κ2) is 7.80. The number of Topliss-reactive ketones (excluding diaryl/α,β-unsaturated/α-hetero) is 1. The summed E-state index contributed by atoms with van der Waals surface area (Å²) in [5, 5.41) is 23.5. The van der Waals surface area contributed by atoms with Crippen LogP contribution >= 0.6 is 0 Å². The minimum absolute atomic E-state index is 0.172. The zero-order valence-corrected chi connectivity index (χ0v) is 21.3. The summed E-state index contributed by atoms with van der Waals surface area (Å²) in [5.41, 5.74) is -0.646. The molecule has 0 bridgehead atoms. The molecule has 182 valence electrons. The van der Waals surface area contributed by atoms with Crippen molar-refractivity contribution in [1.82, 2.24) is 0 Å². The van der Waals surface area contributed by atoms with E-state index in [1.165, 1.54) is 19.3 Å². The third-order valence-corrected chi connectivity index (χ3v) is 12.3. The van der Waals surface area contributed by atoms with Gasteiger partial charge in [0, 0.05) is 18.3 Å². The van der Waals surface area contributed by atoms with E-state index < -0.39 is 5.60 Å². The Morgan fingerprint density at radius 2 is 1.84 bits per heavy atom. The number of carbonyl (C=O) groups excluding carboxylic acids is 1. The lowest BCUT2D eigenvalue weighted by Gasteiger charge is -2.62. The van der Waals surface area contributed by atoms with Gasteiger partial charge in [0.15, 0.2) is 0 Å². The van der Waals surface area contributed by atoms with Crippen molar-refractivity contribution < 1.29 is 15.0 Å². The van der Waals surface area contributed by atoms with Crippen LogP contribution in [-0.2, 0) is 4.79 Å². The van der Waals surface area contributed by atoms with Crippen LogP contribution in [0.1, 0.15) is 105 Å². The SMILES string of the molecule is C[C@H](CC[C@](C)(O)[C@H]1CC[C@H]2[C@@H]3CC[C@H]4CC(=O)CC[C@]4(C)[C@H]3C[C@@H](O)[C@@]21C)[C@H]1C[C@H]1C. The third kappa shape index (κ3) is 3.46. The Balaban J connectivity index is 1.34. The number of carbonyl (C=O) groups is 1. The van der Waals surface area contributed by atoms with Crippen LogP contribution in [0.2, 0.25) is 0 Å². The van der Waals surface area contributed by atoms with E-state index in [-0.39, 0.29) is 22.9 Å². The fraction of sp³-hybridized carbons (Fsp3) is 0.966. The van der Waals surface area contributed by atoms with Gasteiger partial charge in [0.05, 0.1) is 11.7 Å². The summed E-state index contributed by atoms with van der Waals surface area (Å²) in [5.74, 6) is 5.32. The van der Waals surface area contributed by atoms with Crippen LogP contribution in [0.3, 0.4) is 0 Å². The highest BCUT2D eigenvalue weighted by molar-refractivity contribution is 5.79.